The molecule has 0 aliphatic rings. The summed E-state index contributed by atoms with van der Waals surface area (Å²) in [5, 5.41) is 7.23. The number of ether oxygens (including phenoxy) is 1. The number of aromatic nitrogens is 2. The van der Waals surface area contributed by atoms with E-state index in [2.05, 4.69) is 10.4 Å². The molecular formula is C19H21N3O3. The summed E-state index contributed by atoms with van der Waals surface area (Å²) in [7, 11) is 1.60. The highest BCUT2D eigenvalue weighted by molar-refractivity contribution is 5.94. The molecule has 3 aromatic rings. The van der Waals surface area contributed by atoms with E-state index >= 15 is 0 Å². The normalized spacial score (nSPS) is 12.2. The topological polar surface area (TPSA) is 69.3 Å². The van der Waals surface area contributed by atoms with Gasteiger partial charge in [-0.2, -0.15) is 5.10 Å². The lowest BCUT2D eigenvalue weighted by Gasteiger charge is -2.19. The number of methoxy groups -OCH3 is 1. The second-order valence-electron chi connectivity index (χ2n) is 5.97. The van der Waals surface area contributed by atoms with Crippen molar-refractivity contribution in [2.24, 2.45) is 0 Å². The number of para-hydroxylation sites is 1. The standard InChI is InChI=1S/C19H21N3O3/c1-13(2)22-12-14(11-20-22)19(23)21-18(17-9-6-10-25-17)15-7-4-5-8-16(15)24-3/h4-13,18H,1-3H3,(H,21,23)/t18-/m0/s1. The van der Waals surface area contributed by atoms with E-state index in [4.69, 9.17) is 9.15 Å². The Morgan fingerprint density at radius 2 is 2.04 bits per heavy atom. The van der Waals surface area contributed by atoms with Crippen LogP contribution in [0.2, 0.25) is 0 Å². The molecule has 1 atom stereocenters. The molecule has 0 saturated carbocycles. The number of hydrogen-bond acceptors (Lipinski definition) is 4. The van der Waals surface area contributed by atoms with Crippen molar-refractivity contribution >= 4 is 5.91 Å². The molecule has 25 heavy (non-hydrogen) atoms. The molecule has 0 unspecified atom stereocenters. The van der Waals surface area contributed by atoms with Gasteiger partial charge in [-0.3, -0.25) is 9.48 Å². The zero-order valence-electron chi connectivity index (χ0n) is 14.5. The van der Waals surface area contributed by atoms with E-state index in [1.165, 1.54) is 0 Å². The molecule has 0 radical (unpaired) electrons. The van der Waals surface area contributed by atoms with E-state index in [1.54, 1.807) is 36.5 Å². The zero-order valence-corrected chi connectivity index (χ0v) is 14.5. The first kappa shape index (κ1) is 16.8. The molecule has 0 bridgehead atoms. The maximum absolute atomic E-state index is 12.7. The average Bonchev–Trinajstić information content (AvgIpc) is 3.31. The Balaban J connectivity index is 1.91. The lowest BCUT2D eigenvalue weighted by atomic mass is 10.0. The van der Waals surface area contributed by atoms with Crippen molar-refractivity contribution in [3.05, 3.63) is 71.9 Å². The minimum atomic E-state index is -0.457. The molecule has 6 nitrogen and oxygen atoms in total. The first-order chi connectivity index (χ1) is 12.1. The predicted octanol–water partition coefficient (Wildman–Crippen LogP) is 3.59. The van der Waals surface area contributed by atoms with Crippen molar-refractivity contribution in [2.45, 2.75) is 25.9 Å². The SMILES string of the molecule is COc1ccccc1[C@H](NC(=O)c1cnn(C(C)C)c1)c1ccco1. The number of carbonyl (C=O) groups is 1. The second-order valence-corrected chi connectivity index (χ2v) is 5.97. The fraction of sp³-hybridized carbons (Fsp3) is 0.263. The first-order valence-electron chi connectivity index (χ1n) is 8.11. The minimum absolute atomic E-state index is 0.191. The van der Waals surface area contributed by atoms with Crippen LogP contribution in [0.5, 0.6) is 5.75 Å². The van der Waals surface area contributed by atoms with Gasteiger partial charge in [0.1, 0.15) is 17.6 Å². The third-order valence-electron chi connectivity index (χ3n) is 3.95. The Bertz CT molecular complexity index is 837. The van der Waals surface area contributed by atoms with Gasteiger partial charge < -0.3 is 14.5 Å². The number of benzene rings is 1. The Morgan fingerprint density at radius 1 is 1.24 bits per heavy atom. The molecule has 0 aliphatic heterocycles. The average molecular weight is 339 g/mol. The molecular weight excluding hydrogens is 318 g/mol. The number of amides is 1. The van der Waals surface area contributed by atoms with E-state index in [1.807, 2.05) is 44.2 Å². The van der Waals surface area contributed by atoms with Crippen molar-refractivity contribution < 1.29 is 13.9 Å². The number of carbonyl (C=O) groups excluding carboxylic acids is 1. The van der Waals surface area contributed by atoms with Crippen LogP contribution in [0.1, 0.15) is 47.6 Å². The van der Waals surface area contributed by atoms with Gasteiger partial charge in [-0.05, 0) is 32.0 Å². The fourth-order valence-corrected chi connectivity index (χ4v) is 2.61. The number of rotatable bonds is 6. The minimum Gasteiger partial charge on any atom is -0.496 e. The number of furan rings is 1. The van der Waals surface area contributed by atoms with Crippen molar-refractivity contribution in [1.82, 2.24) is 15.1 Å². The van der Waals surface area contributed by atoms with E-state index in [9.17, 15) is 4.79 Å². The van der Waals surface area contributed by atoms with Crippen LogP contribution in [0.3, 0.4) is 0 Å². The monoisotopic (exact) mass is 339 g/mol. The van der Waals surface area contributed by atoms with Crippen LogP contribution in [0.15, 0.2) is 59.5 Å². The van der Waals surface area contributed by atoms with Crippen LogP contribution in [-0.4, -0.2) is 22.8 Å². The van der Waals surface area contributed by atoms with E-state index < -0.39 is 6.04 Å². The Morgan fingerprint density at radius 3 is 2.68 bits per heavy atom. The van der Waals surface area contributed by atoms with Crippen molar-refractivity contribution in [2.75, 3.05) is 7.11 Å². The fourth-order valence-electron chi connectivity index (χ4n) is 2.61. The molecule has 1 N–H and O–H groups in total. The maximum Gasteiger partial charge on any atom is 0.255 e. The third-order valence-corrected chi connectivity index (χ3v) is 3.95. The molecule has 0 fully saturated rings. The van der Waals surface area contributed by atoms with Crippen LogP contribution in [0.25, 0.3) is 0 Å². The summed E-state index contributed by atoms with van der Waals surface area (Å²) < 4.78 is 12.7. The van der Waals surface area contributed by atoms with Crippen LogP contribution >= 0.6 is 0 Å². The molecule has 2 heterocycles. The Kier molecular flexibility index (Phi) is 4.88. The molecule has 0 saturated heterocycles. The number of hydrogen-bond donors (Lipinski definition) is 1. The Hall–Kier alpha value is -3.02. The van der Waals surface area contributed by atoms with Crippen LogP contribution in [-0.2, 0) is 0 Å². The highest BCUT2D eigenvalue weighted by atomic mass is 16.5. The molecule has 0 aliphatic carbocycles. The Labute approximate surface area is 146 Å². The predicted molar refractivity (Wildman–Crippen MR) is 93.6 cm³/mol. The molecule has 130 valence electrons. The van der Waals surface area contributed by atoms with E-state index in [0.29, 0.717) is 17.1 Å². The highest BCUT2D eigenvalue weighted by Gasteiger charge is 2.24. The molecule has 1 aromatic carbocycles. The zero-order chi connectivity index (χ0) is 17.8. The highest BCUT2D eigenvalue weighted by Crippen LogP contribution is 2.30. The van der Waals surface area contributed by atoms with Crippen molar-refractivity contribution in [3.63, 3.8) is 0 Å². The summed E-state index contributed by atoms with van der Waals surface area (Å²) in [5.74, 6) is 1.09. The van der Waals surface area contributed by atoms with Crippen LogP contribution in [0.4, 0.5) is 0 Å². The lowest BCUT2D eigenvalue weighted by Crippen LogP contribution is -2.29. The number of nitrogens with one attached hydrogen (secondary N) is 1. The molecule has 1 amide bonds. The van der Waals surface area contributed by atoms with E-state index in [0.717, 1.165) is 5.56 Å². The van der Waals surface area contributed by atoms with Gasteiger partial charge in [-0.25, -0.2) is 0 Å². The summed E-state index contributed by atoms with van der Waals surface area (Å²) in [4.78, 5) is 12.7. The van der Waals surface area contributed by atoms with Gasteiger partial charge in [0.2, 0.25) is 0 Å². The van der Waals surface area contributed by atoms with Gasteiger partial charge in [0.15, 0.2) is 0 Å². The lowest BCUT2D eigenvalue weighted by molar-refractivity contribution is 0.0938. The summed E-state index contributed by atoms with van der Waals surface area (Å²) in [6.07, 6.45) is 4.89. The number of nitrogens with zero attached hydrogens (tertiary/aromatic N) is 2. The van der Waals surface area contributed by atoms with Crippen LogP contribution < -0.4 is 10.1 Å². The van der Waals surface area contributed by atoms with Gasteiger partial charge in [-0.1, -0.05) is 18.2 Å². The van der Waals surface area contributed by atoms with Crippen molar-refractivity contribution in [1.29, 1.82) is 0 Å². The van der Waals surface area contributed by atoms with Gasteiger partial charge >= 0.3 is 0 Å². The molecule has 6 heteroatoms. The van der Waals surface area contributed by atoms with E-state index in [-0.39, 0.29) is 11.9 Å². The van der Waals surface area contributed by atoms with Crippen molar-refractivity contribution in [3.8, 4) is 5.75 Å². The summed E-state index contributed by atoms with van der Waals surface area (Å²) in [6, 6.07) is 10.9. The summed E-state index contributed by atoms with van der Waals surface area (Å²) in [6.45, 7) is 4.02. The largest absolute Gasteiger partial charge is 0.496 e. The third kappa shape index (κ3) is 3.57. The van der Waals surface area contributed by atoms with Gasteiger partial charge in [-0.15, -0.1) is 0 Å². The van der Waals surface area contributed by atoms with Gasteiger partial charge in [0, 0.05) is 17.8 Å². The molecule has 0 spiro atoms. The van der Waals surface area contributed by atoms with Gasteiger partial charge in [0.25, 0.3) is 5.91 Å². The van der Waals surface area contributed by atoms with Crippen LogP contribution in [0, 0.1) is 0 Å². The quantitative estimate of drug-likeness (QED) is 0.745. The maximum atomic E-state index is 12.7. The second kappa shape index (κ2) is 7.25. The molecule has 2 aromatic heterocycles. The first-order valence-corrected chi connectivity index (χ1v) is 8.11. The van der Waals surface area contributed by atoms with Gasteiger partial charge in [0.05, 0.1) is 25.1 Å². The summed E-state index contributed by atoms with van der Waals surface area (Å²) in [5.41, 5.74) is 1.32. The molecule has 3 rings (SSSR count). The summed E-state index contributed by atoms with van der Waals surface area (Å²) >= 11 is 0. The smallest absolute Gasteiger partial charge is 0.255 e.